The van der Waals surface area contributed by atoms with Crippen molar-refractivity contribution >= 4 is 15.9 Å². The number of aromatic nitrogens is 2. The van der Waals surface area contributed by atoms with Gasteiger partial charge in [-0.05, 0) is 35.3 Å². The summed E-state index contributed by atoms with van der Waals surface area (Å²) in [6, 6.07) is 1.78. The van der Waals surface area contributed by atoms with Gasteiger partial charge in [0.1, 0.15) is 0 Å². The fourth-order valence-electron chi connectivity index (χ4n) is 1.98. The highest BCUT2D eigenvalue weighted by molar-refractivity contribution is 9.10. The van der Waals surface area contributed by atoms with Crippen LogP contribution in [0.3, 0.4) is 0 Å². The van der Waals surface area contributed by atoms with Crippen LogP contribution in [0.4, 0.5) is 0 Å². The SMILES string of the molecule is CCc1nn(CC)c(CC(O)c2ccoc2)c1Br. The van der Waals surface area contributed by atoms with Crippen molar-refractivity contribution in [1.82, 2.24) is 9.78 Å². The predicted molar refractivity (Wildman–Crippen MR) is 72.4 cm³/mol. The molecule has 2 aromatic rings. The summed E-state index contributed by atoms with van der Waals surface area (Å²) in [5.41, 5.74) is 2.86. The molecule has 0 spiro atoms. The fraction of sp³-hybridized carbons (Fsp3) is 0.462. The van der Waals surface area contributed by atoms with Crippen molar-refractivity contribution in [2.75, 3.05) is 0 Å². The van der Waals surface area contributed by atoms with E-state index in [1.165, 1.54) is 0 Å². The minimum atomic E-state index is -0.563. The van der Waals surface area contributed by atoms with Gasteiger partial charge in [0.15, 0.2) is 0 Å². The van der Waals surface area contributed by atoms with Gasteiger partial charge in [0.05, 0.1) is 34.5 Å². The van der Waals surface area contributed by atoms with Gasteiger partial charge in [-0.1, -0.05) is 6.92 Å². The summed E-state index contributed by atoms with van der Waals surface area (Å²) in [6.45, 7) is 4.92. The second-order valence-electron chi connectivity index (χ2n) is 4.15. The summed E-state index contributed by atoms with van der Waals surface area (Å²) in [6.07, 6.45) is 3.99. The van der Waals surface area contributed by atoms with Crippen LogP contribution >= 0.6 is 15.9 Å². The number of furan rings is 1. The Morgan fingerprint density at radius 3 is 2.83 bits per heavy atom. The Morgan fingerprint density at radius 2 is 2.28 bits per heavy atom. The Balaban J connectivity index is 2.25. The lowest BCUT2D eigenvalue weighted by Crippen LogP contribution is -2.08. The van der Waals surface area contributed by atoms with Gasteiger partial charge in [0.25, 0.3) is 0 Å². The lowest BCUT2D eigenvalue weighted by Gasteiger charge is -2.10. The summed E-state index contributed by atoms with van der Waals surface area (Å²) >= 11 is 3.58. The number of aliphatic hydroxyl groups excluding tert-OH is 1. The standard InChI is InChI=1S/C13H17BrN2O2/c1-3-10-13(14)11(16(4-2)15-10)7-12(17)9-5-6-18-8-9/h5-6,8,12,17H,3-4,7H2,1-2H3. The molecule has 0 aliphatic rings. The third-order valence-electron chi connectivity index (χ3n) is 3.01. The van der Waals surface area contributed by atoms with Crippen LogP contribution < -0.4 is 0 Å². The average molecular weight is 313 g/mol. The predicted octanol–water partition coefficient (Wildman–Crippen LogP) is 3.10. The summed E-state index contributed by atoms with van der Waals surface area (Å²) in [4.78, 5) is 0. The Morgan fingerprint density at radius 1 is 1.50 bits per heavy atom. The summed E-state index contributed by atoms with van der Waals surface area (Å²) in [7, 11) is 0. The minimum Gasteiger partial charge on any atom is -0.472 e. The first-order chi connectivity index (χ1) is 8.67. The quantitative estimate of drug-likeness (QED) is 0.923. The van der Waals surface area contributed by atoms with E-state index in [1.54, 1.807) is 18.6 Å². The van der Waals surface area contributed by atoms with Crippen molar-refractivity contribution in [3.63, 3.8) is 0 Å². The zero-order chi connectivity index (χ0) is 13.1. The van der Waals surface area contributed by atoms with E-state index in [2.05, 4.69) is 28.0 Å². The number of hydrogen-bond acceptors (Lipinski definition) is 3. The van der Waals surface area contributed by atoms with Crippen LogP contribution in [-0.2, 0) is 19.4 Å². The van der Waals surface area contributed by atoms with E-state index in [-0.39, 0.29) is 0 Å². The maximum Gasteiger partial charge on any atom is 0.0960 e. The molecule has 1 unspecified atom stereocenters. The van der Waals surface area contributed by atoms with Crippen molar-refractivity contribution in [3.8, 4) is 0 Å². The molecule has 4 nitrogen and oxygen atoms in total. The average Bonchev–Trinajstić information content (AvgIpc) is 2.99. The number of aliphatic hydroxyl groups is 1. The monoisotopic (exact) mass is 312 g/mol. The molecule has 0 bridgehead atoms. The second-order valence-corrected chi connectivity index (χ2v) is 4.95. The molecule has 2 rings (SSSR count). The van der Waals surface area contributed by atoms with Gasteiger partial charge in [0, 0.05) is 18.5 Å². The lowest BCUT2D eigenvalue weighted by molar-refractivity contribution is 0.174. The molecular formula is C13H17BrN2O2. The molecule has 5 heteroatoms. The van der Waals surface area contributed by atoms with Crippen LogP contribution in [-0.4, -0.2) is 14.9 Å². The molecule has 0 aromatic carbocycles. The van der Waals surface area contributed by atoms with E-state index < -0.39 is 6.10 Å². The third kappa shape index (κ3) is 2.52. The highest BCUT2D eigenvalue weighted by Gasteiger charge is 2.18. The van der Waals surface area contributed by atoms with Crippen LogP contribution in [0, 0.1) is 0 Å². The number of halogens is 1. The maximum absolute atomic E-state index is 10.2. The zero-order valence-corrected chi connectivity index (χ0v) is 12.1. The molecule has 0 saturated carbocycles. The first kappa shape index (κ1) is 13.4. The summed E-state index contributed by atoms with van der Waals surface area (Å²) in [5.74, 6) is 0. The van der Waals surface area contributed by atoms with Gasteiger partial charge in [-0.15, -0.1) is 0 Å². The van der Waals surface area contributed by atoms with E-state index >= 15 is 0 Å². The zero-order valence-electron chi connectivity index (χ0n) is 10.6. The minimum absolute atomic E-state index is 0.529. The Kier molecular flexibility index (Phi) is 4.24. The third-order valence-corrected chi connectivity index (χ3v) is 3.92. The molecule has 1 atom stereocenters. The summed E-state index contributed by atoms with van der Waals surface area (Å²) < 4.78 is 7.94. The molecule has 2 aromatic heterocycles. The summed E-state index contributed by atoms with van der Waals surface area (Å²) in [5, 5.41) is 14.7. The molecule has 0 saturated heterocycles. The van der Waals surface area contributed by atoms with Crippen molar-refractivity contribution < 1.29 is 9.52 Å². The van der Waals surface area contributed by atoms with Crippen LogP contribution in [0.2, 0.25) is 0 Å². The Bertz CT molecular complexity index is 505. The molecule has 1 N–H and O–H groups in total. The van der Waals surface area contributed by atoms with Crippen LogP contribution in [0.1, 0.15) is 36.9 Å². The molecule has 2 heterocycles. The van der Waals surface area contributed by atoms with Crippen molar-refractivity contribution in [1.29, 1.82) is 0 Å². The molecule has 0 radical (unpaired) electrons. The lowest BCUT2D eigenvalue weighted by atomic mass is 10.1. The van der Waals surface area contributed by atoms with E-state index in [1.807, 2.05) is 11.6 Å². The van der Waals surface area contributed by atoms with Crippen LogP contribution in [0.5, 0.6) is 0 Å². The van der Waals surface area contributed by atoms with Gasteiger partial charge < -0.3 is 9.52 Å². The van der Waals surface area contributed by atoms with Gasteiger partial charge in [-0.2, -0.15) is 5.10 Å². The molecule has 0 aliphatic heterocycles. The van der Waals surface area contributed by atoms with Gasteiger partial charge >= 0.3 is 0 Å². The number of rotatable bonds is 5. The normalized spacial score (nSPS) is 12.9. The fourth-order valence-corrected chi connectivity index (χ4v) is 2.70. The largest absolute Gasteiger partial charge is 0.472 e. The highest BCUT2D eigenvalue weighted by atomic mass is 79.9. The first-order valence-electron chi connectivity index (χ1n) is 6.11. The van der Waals surface area contributed by atoms with Crippen LogP contribution in [0.25, 0.3) is 0 Å². The van der Waals surface area contributed by atoms with Gasteiger partial charge in [-0.25, -0.2) is 0 Å². The second kappa shape index (κ2) is 5.71. The molecule has 0 aliphatic carbocycles. The Hall–Kier alpha value is -1.07. The molecule has 98 valence electrons. The number of aryl methyl sites for hydroxylation is 2. The molecule has 18 heavy (non-hydrogen) atoms. The van der Waals surface area contributed by atoms with Gasteiger partial charge in [-0.3, -0.25) is 4.68 Å². The van der Waals surface area contributed by atoms with E-state index in [9.17, 15) is 5.11 Å². The first-order valence-corrected chi connectivity index (χ1v) is 6.90. The molecular weight excluding hydrogens is 296 g/mol. The highest BCUT2D eigenvalue weighted by Crippen LogP contribution is 2.27. The number of nitrogens with zero attached hydrogens (tertiary/aromatic N) is 2. The molecule has 0 amide bonds. The molecule has 0 fully saturated rings. The van der Waals surface area contributed by atoms with Gasteiger partial charge in [0.2, 0.25) is 0 Å². The number of hydrogen-bond donors (Lipinski definition) is 1. The van der Waals surface area contributed by atoms with E-state index in [0.29, 0.717) is 6.42 Å². The van der Waals surface area contributed by atoms with E-state index in [0.717, 1.165) is 34.4 Å². The Labute approximate surface area is 115 Å². The van der Waals surface area contributed by atoms with Crippen molar-refractivity contribution in [2.45, 2.75) is 39.3 Å². The van der Waals surface area contributed by atoms with Crippen LogP contribution in [0.15, 0.2) is 27.5 Å². The van der Waals surface area contributed by atoms with Crippen molar-refractivity contribution in [2.24, 2.45) is 0 Å². The topological polar surface area (TPSA) is 51.2 Å². The smallest absolute Gasteiger partial charge is 0.0960 e. The van der Waals surface area contributed by atoms with E-state index in [4.69, 9.17) is 4.42 Å². The van der Waals surface area contributed by atoms with Crippen molar-refractivity contribution in [3.05, 3.63) is 40.0 Å². The maximum atomic E-state index is 10.2.